The van der Waals surface area contributed by atoms with Crippen LogP contribution in [-0.4, -0.2) is 73.2 Å². The first kappa shape index (κ1) is 22.8. The number of alkyl halides is 3. The summed E-state index contributed by atoms with van der Waals surface area (Å²) in [6.07, 6.45) is -4.54. The highest BCUT2D eigenvalue weighted by molar-refractivity contribution is 6.00. The second-order valence-electron chi connectivity index (χ2n) is 7.72. The van der Waals surface area contributed by atoms with Gasteiger partial charge in [-0.2, -0.15) is 13.2 Å². The predicted molar refractivity (Wildman–Crippen MR) is 113 cm³/mol. The number of non-ortho nitro benzene ring substituents is 1. The molecule has 0 unspecified atom stereocenters. The maximum atomic E-state index is 13.3. The molecule has 0 radical (unpaired) electrons. The monoisotopic (exact) mass is 465 g/mol. The van der Waals surface area contributed by atoms with Gasteiger partial charge >= 0.3 is 6.18 Å². The Morgan fingerprint density at radius 1 is 1.00 bits per heavy atom. The van der Waals surface area contributed by atoms with Crippen molar-refractivity contribution in [2.45, 2.75) is 6.18 Å². The minimum Gasteiger partial charge on any atom is -0.378 e. The molecule has 4 rings (SSSR count). The van der Waals surface area contributed by atoms with E-state index in [-0.39, 0.29) is 36.1 Å². The van der Waals surface area contributed by atoms with E-state index < -0.39 is 16.8 Å². The van der Waals surface area contributed by atoms with Gasteiger partial charge in [-0.3, -0.25) is 14.9 Å². The van der Waals surface area contributed by atoms with Gasteiger partial charge in [-0.1, -0.05) is 6.07 Å². The molecule has 1 aromatic heterocycles. The van der Waals surface area contributed by atoms with Gasteiger partial charge in [0.15, 0.2) is 0 Å². The molecular formula is C21H22F3N5O4. The van der Waals surface area contributed by atoms with Crippen molar-refractivity contribution >= 4 is 23.1 Å². The molecule has 2 aromatic rings. The van der Waals surface area contributed by atoms with Crippen LogP contribution in [0.25, 0.3) is 0 Å². The van der Waals surface area contributed by atoms with Crippen LogP contribution in [0.15, 0.2) is 36.4 Å². The second-order valence-corrected chi connectivity index (χ2v) is 7.72. The third kappa shape index (κ3) is 5.00. The Morgan fingerprint density at radius 2 is 1.70 bits per heavy atom. The number of nitrogens with zero attached hydrogens (tertiary/aromatic N) is 5. The molecule has 2 saturated heterocycles. The van der Waals surface area contributed by atoms with Crippen LogP contribution >= 0.6 is 0 Å². The van der Waals surface area contributed by atoms with Gasteiger partial charge in [0.2, 0.25) is 0 Å². The quantitative estimate of drug-likeness (QED) is 0.507. The number of carbonyl (C=O) groups excluding carboxylic acids is 1. The maximum Gasteiger partial charge on any atom is 0.433 e. The third-order valence-corrected chi connectivity index (χ3v) is 5.69. The van der Waals surface area contributed by atoms with E-state index in [9.17, 15) is 28.1 Å². The zero-order chi connectivity index (χ0) is 23.6. The summed E-state index contributed by atoms with van der Waals surface area (Å²) in [4.78, 5) is 33.0. The molecule has 1 amide bonds. The first-order chi connectivity index (χ1) is 15.7. The summed E-state index contributed by atoms with van der Waals surface area (Å²) in [5.41, 5.74) is -0.306. The number of piperazine rings is 1. The summed E-state index contributed by atoms with van der Waals surface area (Å²) in [6, 6.07) is 7.97. The number of rotatable bonds is 4. The van der Waals surface area contributed by atoms with Crippen LogP contribution in [0.1, 0.15) is 16.1 Å². The van der Waals surface area contributed by atoms with E-state index in [1.165, 1.54) is 24.3 Å². The van der Waals surface area contributed by atoms with Crippen molar-refractivity contribution in [3.8, 4) is 0 Å². The smallest absolute Gasteiger partial charge is 0.378 e. The van der Waals surface area contributed by atoms with Gasteiger partial charge in [0.1, 0.15) is 11.5 Å². The van der Waals surface area contributed by atoms with Gasteiger partial charge in [-0.25, -0.2) is 4.98 Å². The molecule has 2 fully saturated rings. The lowest BCUT2D eigenvalue weighted by Crippen LogP contribution is -2.49. The lowest BCUT2D eigenvalue weighted by Gasteiger charge is -2.36. The van der Waals surface area contributed by atoms with Crippen molar-refractivity contribution in [2.24, 2.45) is 0 Å². The minimum atomic E-state index is -4.54. The second kappa shape index (κ2) is 9.22. The lowest BCUT2D eigenvalue weighted by molar-refractivity contribution is -0.384. The minimum absolute atomic E-state index is 0.179. The van der Waals surface area contributed by atoms with Crippen LogP contribution in [0, 0.1) is 10.1 Å². The molecule has 12 heteroatoms. The van der Waals surface area contributed by atoms with Crippen LogP contribution in [0.2, 0.25) is 0 Å². The molecule has 1 aromatic carbocycles. The number of ether oxygens (including phenoxy) is 1. The van der Waals surface area contributed by atoms with Crippen molar-refractivity contribution in [1.82, 2.24) is 9.88 Å². The normalized spacial score (nSPS) is 17.2. The number of hydrogen-bond donors (Lipinski definition) is 0. The number of pyridine rings is 1. The van der Waals surface area contributed by atoms with Gasteiger partial charge in [0.05, 0.1) is 29.4 Å². The highest BCUT2D eigenvalue weighted by Gasteiger charge is 2.33. The molecule has 0 N–H and O–H groups in total. The Labute approximate surface area is 187 Å². The zero-order valence-electron chi connectivity index (χ0n) is 17.6. The van der Waals surface area contributed by atoms with Crippen LogP contribution in [-0.2, 0) is 10.9 Å². The van der Waals surface area contributed by atoms with Gasteiger partial charge < -0.3 is 19.4 Å². The van der Waals surface area contributed by atoms with E-state index in [0.29, 0.717) is 45.1 Å². The van der Waals surface area contributed by atoms with Crippen molar-refractivity contribution in [3.63, 3.8) is 0 Å². The summed E-state index contributed by atoms with van der Waals surface area (Å²) >= 11 is 0. The summed E-state index contributed by atoms with van der Waals surface area (Å²) in [5, 5.41) is 11.3. The maximum absolute atomic E-state index is 13.3. The Balaban J connectivity index is 1.51. The molecule has 33 heavy (non-hydrogen) atoms. The van der Waals surface area contributed by atoms with E-state index >= 15 is 0 Å². The molecule has 3 heterocycles. The van der Waals surface area contributed by atoms with Gasteiger partial charge in [-0.05, 0) is 18.2 Å². The van der Waals surface area contributed by atoms with E-state index in [4.69, 9.17) is 4.74 Å². The molecule has 2 aliphatic rings. The molecule has 0 spiro atoms. The van der Waals surface area contributed by atoms with E-state index in [0.717, 1.165) is 6.07 Å². The van der Waals surface area contributed by atoms with Crippen LogP contribution in [0.3, 0.4) is 0 Å². The number of aromatic nitrogens is 1. The van der Waals surface area contributed by atoms with Gasteiger partial charge in [0.25, 0.3) is 11.6 Å². The fourth-order valence-electron chi connectivity index (χ4n) is 3.96. The topological polar surface area (TPSA) is 92.0 Å². The number of nitro groups is 1. The molecule has 2 aliphatic heterocycles. The number of nitro benzene ring substituents is 1. The van der Waals surface area contributed by atoms with Crippen LogP contribution in [0.5, 0.6) is 0 Å². The average Bonchev–Trinajstić information content (AvgIpc) is 2.83. The first-order valence-corrected chi connectivity index (χ1v) is 10.4. The Morgan fingerprint density at radius 3 is 2.33 bits per heavy atom. The predicted octanol–water partition coefficient (Wildman–Crippen LogP) is 2.81. The standard InChI is InChI=1S/C21H22F3N5O4/c22-21(23,24)18-2-1-3-19(25-18)27-6-8-28(9-7-27)20(30)16-14-15(29(31)32)4-5-17(16)26-10-12-33-13-11-26/h1-5,14H,6-13H2. The van der Waals surface area contributed by atoms with E-state index in [1.807, 2.05) is 4.90 Å². The number of anilines is 2. The van der Waals surface area contributed by atoms with Crippen LogP contribution < -0.4 is 9.80 Å². The first-order valence-electron chi connectivity index (χ1n) is 10.4. The summed E-state index contributed by atoms with van der Waals surface area (Å²) in [6.45, 7) is 3.20. The van der Waals surface area contributed by atoms with Gasteiger partial charge in [0, 0.05) is 51.4 Å². The van der Waals surface area contributed by atoms with Crippen molar-refractivity contribution in [3.05, 3.63) is 57.8 Å². The molecule has 0 saturated carbocycles. The fraction of sp³-hybridized carbons (Fsp3) is 0.429. The summed E-state index contributed by atoms with van der Waals surface area (Å²) in [7, 11) is 0. The van der Waals surface area contributed by atoms with Crippen molar-refractivity contribution in [2.75, 3.05) is 62.3 Å². The van der Waals surface area contributed by atoms with Crippen LogP contribution in [0.4, 0.5) is 30.4 Å². The molecule has 0 aliphatic carbocycles. The molecule has 0 atom stereocenters. The number of benzene rings is 1. The van der Waals surface area contributed by atoms with Crippen molar-refractivity contribution < 1.29 is 27.6 Å². The highest BCUT2D eigenvalue weighted by Crippen LogP contribution is 2.30. The SMILES string of the molecule is O=C(c1cc([N+](=O)[O-])ccc1N1CCOCC1)N1CCN(c2cccc(C(F)(F)F)n2)CC1. The fourth-order valence-corrected chi connectivity index (χ4v) is 3.96. The Kier molecular flexibility index (Phi) is 6.36. The van der Waals surface area contributed by atoms with E-state index in [1.54, 1.807) is 15.9 Å². The van der Waals surface area contributed by atoms with E-state index in [2.05, 4.69) is 4.98 Å². The Bertz CT molecular complexity index is 1030. The highest BCUT2D eigenvalue weighted by atomic mass is 19.4. The largest absolute Gasteiger partial charge is 0.433 e. The number of carbonyl (C=O) groups is 1. The Hall–Kier alpha value is -3.41. The third-order valence-electron chi connectivity index (χ3n) is 5.69. The van der Waals surface area contributed by atoms with Crippen molar-refractivity contribution in [1.29, 1.82) is 0 Å². The number of hydrogen-bond acceptors (Lipinski definition) is 7. The molecule has 176 valence electrons. The van der Waals surface area contributed by atoms with Gasteiger partial charge in [-0.15, -0.1) is 0 Å². The number of morpholine rings is 1. The summed E-state index contributed by atoms with van der Waals surface area (Å²) < 4.78 is 44.3. The zero-order valence-corrected chi connectivity index (χ0v) is 17.6. The lowest BCUT2D eigenvalue weighted by atomic mass is 10.1. The number of halogens is 3. The molecule has 0 bridgehead atoms. The molecular weight excluding hydrogens is 443 g/mol. The molecule has 9 nitrogen and oxygen atoms in total. The average molecular weight is 465 g/mol. The summed E-state index contributed by atoms with van der Waals surface area (Å²) in [5.74, 6) is -0.155. The number of amides is 1.